The fourth-order valence-electron chi connectivity index (χ4n) is 8.15. The third kappa shape index (κ3) is 34.9. The van der Waals surface area contributed by atoms with Gasteiger partial charge in [-0.05, 0) is 64.2 Å². The first kappa shape index (κ1) is 63.1. The first-order chi connectivity index (χ1) is 32.4. The molecule has 6 N–H and O–H groups in total. The monoisotopic (exact) mass is 973 g/mol. The number of rotatable bonds is 45. The highest BCUT2D eigenvalue weighted by atomic mass is 31.2. The summed E-state index contributed by atoms with van der Waals surface area (Å²) in [6.07, 6.45) is 37.7. The molecule has 67 heavy (non-hydrogen) atoms. The van der Waals surface area contributed by atoms with E-state index in [0.29, 0.717) is 19.3 Å². The molecule has 1 rings (SSSR count). The summed E-state index contributed by atoms with van der Waals surface area (Å²) in [5.41, 5.74) is 0. The Balaban J connectivity index is 2.40. The minimum atomic E-state index is -5.13. The van der Waals surface area contributed by atoms with E-state index >= 15 is 0 Å². The van der Waals surface area contributed by atoms with Gasteiger partial charge in [-0.25, -0.2) is 4.57 Å². The van der Waals surface area contributed by atoms with Crippen molar-refractivity contribution in [2.45, 2.75) is 275 Å². The number of ether oxygens (including phenoxy) is 2. The normalized spacial score (nSPS) is 21.4. The SMILES string of the molecule is CCCCCCCC/C=C/CCCCCCCCCCCCCC(=O)O[C@H](COC(=O)CCC/C=C/C/C=C/CCCCCCCCCCC)COP(=O)(O)OC1C(O)C(O)C(O)[C@@H](O)C1O. The van der Waals surface area contributed by atoms with Crippen molar-refractivity contribution in [2.75, 3.05) is 13.2 Å². The van der Waals surface area contributed by atoms with Gasteiger partial charge in [-0.1, -0.05) is 192 Å². The van der Waals surface area contributed by atoms with Crippen LogP contribution in [0.3, 0.4) is 0 Å². The number of carbonyl (C=O) groups is 2. The lowest BCUT2D eigenvalue weighted by molar-refractivity contribution is -0.220. The Morgan fingerprint density at radius 1 is 0.463 bits per heavy atom. The van der Waals surface area contributed by atoms with E-state index in [1.54, 1.807) is 0 Å². The molecular formula is C53H97O13P. The van der Waals surface area contributed by atoms with Crippen molar-refractivity contribution in [3.8, 4) is 0 Å². The number of carbonyl (C=O) groups excluding carboxylic acids is 2. The van der Waals surface area contributed by atoms with E-state index in [9.17, 15) is 44.6 Å². The molecule has 0 radical (unpaired) electrons. The molecule has 1 fully saturated rings. The smallest absolute Gasteiger partial charge is 0.462 e. The highest BCUT2D eigenvalue weighted by molar-refractivity contribution is 7.47. The zero-order valence-electron chi connectivity index (χ0n) is 41.9. The maximum atomic E-state index is 12.9. The van der Waals surface area contributed by atoms with E-state index in [-0.39, 0.29) is 12.8 Å². The van der Waals surface area contributed by atoms with Gasteiger partial charge < -0.3 is 39.9 Å². The molecule has 8 atom stereocenters. The van der Waals surface area contributed by atoms with Crippen LogP contribution in [0, 0.1) is 0 Å². The van der Waals surface area contributed by atoms with Gasteiger partial charge in [0.25, 0.3) is 0 Å². The zero-order chi connectivity index (χ0) is 49.2. The van der Waals surface area contributed by atoms with E-state index in [1.807, 2.05) is 6.08 Å². The van der Waals surface area contributed by atoms with E-state index in [1.165, 1.54) is 148 Å². The van der Waals surface area contributed by atoms with Crippen LogP contribution in [0.1, 0.15) is 232 Å². The Morgan fingerprint density at radius 2 is 0.821 bits per heavy atom. The highest BCUT2D eigenvalue weighted by Crippen LogP contribution is 2.47. The third-order valence-corrected chi connectivity index (χ3v) is 13.4. The summed E-state index contributed by atoms with van der Waals surface area (Å²) < 4.78 is 33.6. The second-order valence-corrected chi connectivity index (χ2v) is 20.1. The summed E-state index contributed by atoms with van der Waals surface area (Å²) in [6.45, 7) is 3.29. The van der Waals surface area contributed by atoms with Gasteiger partial charge in [-0.3, -0.25) is 18.6 Å². The lowest BCUT2D eigenvalue weighted by atomic mass is 9.85. The van der Waals surface area contributed by atoms with Gasteiger partial charge in [0.2, 0.25) is 0 Å². The number of hydrogen-bond acceptors (Lipinski definition) is 12. The summed E-state index contributed by atoms with van der Waals surface area (Å²) in [5.74, 6) is -1.15. The Kier molecular flexibility index (Phi) is 40.4. The number of phosphoric ester groups is 1. The molecule has 0 spiro atoms. The van der Waals surface area contributed by atoms with Crippen LogP contribution in [0.15, 0.2) is 36.5 Å². The van der Waals surface area contributed by atoms with Crippen molar-refractivity contribution < 1.29 is 63.1 Å². The zero-order valence-corrected chi connectivity index (χ0v) is 42.8. The van der Waals surface area contributed by atoms with Crippen molar-refractivity contribution in [1.29, 1.82) is 0 Å². The molecule has 13 nitrogen and oxygen atoms in total. The molecule has 0 amide bonds. The fourth-order valence-corrected chi connectivity index (χ4v) is 9.12. The Bertz CT molecular complexity index is 1310. The van der Waals surface area contributed by atoms with Crippen LogP contribution < -0.4 is 0 Å². The number of esters is 2. The van der Waals surface area contributed by atoms with Gasteiger partial charge in [0, 0.05) is 12.8 Å². The standard InChI is InChI=1S/C53H97O13P/c1-3-5-7-9-11-13-15-17-19-21-22-23-24-26-28-30-32-34-36-38-40-42-47(55)65-45(44-64-67(61,62)66-53-51(59)49(57)48(56)50(58)52(53)60)43-63-46(54)41-39-37-35-33-31-29-27-25-20-18-16-14-12-10-8-6-4-2/h17,19,27,29,33,35,45,48-53,56-60H,3-16,18,20-26,28,30-32,34,36-44H2,1-2H3,(H,61,62)/b19-17+,29-27+,35-33+/t45-,48?,49-,50?,51?,52?,53?/m1/s1. The van der Waals surface area contributed by atoms with Crippen molar-refractivity contribution in [2.24, 2.45) is 0 Å². The number of phosphoric acid groups is 1. The number of unbranched alkanes of at least 4 members (excludes halogenated alkanes) is 27. The molecule has 0 aromatic rings. The van der Waals surface area contributed by atoms with Crippen LogP contribution in [0.4, 0.5) is 0 Å². The molecule has 0 saturated heterocycles. The van der Waals surface area contributed by atoms with Gasteiger partial charge in [0.1, 0.15) is 43.2 Å². The van der Waals surface area contributed by atoms with Crippen LogP contribution in [-0.4, -0.2) is 98.3 Å². The van der Waals surface area contributed by atoms with Crippen LogP contribution >= 0.6 is 7.82 Å². The Hall–Kier alpha value is -1.93. The average molecular weight is 973 g/mol. The maximum absolute atomic E-state index is 12.9. The summed E-state index contributed by atoms with van der Waals surface area (Å²) in [5, 5.41) is 50.3. The largest absolute Gasteiger partial charge is 0.472 e. The number of aliphatic hydroxyl groups excluding tert-OH is 5. The van der Waals surface area contributed by atoms with Crippen LogP contribution in [-0.2, 0) is 32.7 Å². The molecule has 392 valence electrons. The van der Waals surface area contributed by atoms with E-state index in [4.69, 9.17) is 18.5 Å². The van der Waals surface area contributed by atoms with E-state index in [0.717, 1.165) is 38.5 Å². The number of allylic oxidation sites excluding steroid dienone is 6. The van der Waals surface area contributed by atoms with Gasteiger partial charge >= 0.3 is 19.8 Å². The van der Waals surface area contributed by atoms with Gasteiger partial charge in [0.05, 0.1) is 6.61 Å². The van der Waals surface area contributed by atoms with Crippen molar-refractivity contribution >= 4 is 19.8 Å². The molecule has 0 aliphatic heterocycles. The predicted molar refractivity (Wildman–Crippen MR) is 267 cm³/mol. The summed E-state index contributed by atoms with van der Waals surface area (Å²) in [6, 6.07) is 0. The minimum absolute atomic E-state index is 0.0886. The second kappa shape index (κ2) is 42.9. The fraction of sp³-hybridized carbons (Fsp3) is 0.849. The quantitative estimate of drug-likeness (QED) is 0.0145. The van der Waals surface area contributed by atoms with Gasteiger partial charge in [-0.15, -0.1) is 0 Å². The molecular weight excluding hydrogens is 876 g/mol. The van der Waals surface area contributed by atoms with Gasteiger partial charge in [0.15, 0.2) is 6.10 Å². The van der Waals surface area contributed by atoms with Crippen LogP contribution in [0.2, 0.25) is 0 Å². The molecule has 0 aromatic heterocycles. The Morgan fingerprint density at radius 3 is 1.27 bits per heavy atom. The third-order valence-electron chi connectivity index (χ3n) is 12.5. The summed E-state index contributed by atoms with van der Waals surface area (Å²) in [7, 11) is -5.13. The highest BCUT2D eigenvalue weighted by Gasteiger charge is 2.51. The number of hydrogen-bond donors (Lipinski definition) is 6. The maximum Gasteiger partial charge on any atom is 0.472 e. The molecule has 0 bridgehead atoms. The average Bonchev–Trinajstić information content (AvgIpc) is 3.31. The molecule has 0 heterocycles. The van der Waals surface area contributed by atoms with E-state index < -0.39 is 75.7 Å². The van der Waals surface area contributed by atoms with Crippen LogP contribution in [0.5, 0.6) is 0 Å². The van der Waals surface area contributed by atoms with Gasteiger partial charge in [-0.2, -0.15) is 0 Å². The molecule has 1 aliphatic rings. The lowest BCUT2D eigenvalue weighted by Gasteiger charge is -2.41. The number of aliphatic hydroxyl groups is 5. The van der Waals surface area contributed by atoms with E-state index in [2.05, 4.69) is 44.2 Å². The Labute approximate surface area is 406 Å². The topological polar surface area (TPSA) is 210 Å². The minimum Gasteiger partial charge on any atom is -0.462 e. The van der Waals surface area contributed by atoms with Crippen molar-refractivity contribution in [3.05, 3.63) is 36.5 Å². The first-order valence-corrected chi connectivity index (χ1v) is 28.3. The predicted octanol–water partition coefficient (Wildman–Crippen LogP) is 11.7. The molecule has 1 aliphatic carbocycles. The summed E-state index contributed by atoms with van der Waals surface area (Å²) >= 11 is 0. The van der Waals surface area contributed by atoms with Crippen molar-refractivity contribution in [1.82, 2.24) is 0 Å². The van der Waals surface area contributed by atoms with Crippen molar-refractivity contribution in [3.63, 3.8) is 0 Å². The summed E-state index contributed by atoms with van der Waals surface area (Å²) in [4.78, 5) is 35.8. The molecule has 0 aromatic carbocycles. The second-order valence-electron chi connectivity index (χ2n) is 18.7. The lowest BCUT2D eigenvalue weighted by Crippen LogP contribution is -2.64. The molecule has 6 unspecified atom stereocenters. The molecule has 1 saturated carbocycles. The molecule has 14 heteroatoms. The van der Waals surface area contributed by atoms with Crippen LogP contribution in [0.25, 0.3) is 0 Å². The first-order valence-electron chi connectivity index (χ1n) is 26.8.